The van der Waals surface area contributed by atoms with Crippen molar-refractivity contribution in [2.24, 2.45) is 0 Å². The highest BCUT2D eigenvalue weighted by Gasteiger charge is 2.15. The number of fused-ring (bicyclic) bond motifs is 1. The van der Waals surface area contributed by atoms with Crippen LogP contribution in [0.15, 0.2) is 42.5 Å². The fraction of sp³-hybridized carbons (Fsp3) is 0.375. The third kappa shape index (κ3) is 5.92. The van der Waals surface area contributed by atoms with Crippen molar-refractivity contribution in [1.82, 2.24) is 5.32 Å². The minimum atomic E-state index is -0.561. The van der Waals surface area contributed by atoms with Gasteiger partial charge in [-0.25, -0.2) is 0 Å². The third-order valence-corrected chi connectivity index (χ3v) is 5.26. The molecule has 0 radical (unpaired) electrons. The molecule has 3 rings (SSSR count). The van der Waals surface area contributed by atoms with Crippen LogP contribution in [0.4, 0.5) is 0 Å². The van der Waals surface area contributed by atoms with Gasteiger partial charge in [0.25, 0.3) is 5.91 Å². The fourth-order valence-electron chi connectivity index (χ4n) is 3.58. The summed E-state index contributed by atoms with van der Waals surface area (Å²) in [6.07, 6.45) is 4.43. The van der Waals surface area contributed by atoms with Crippen LogP contribution in [0.3, 0.4) is 0 Å². The van der Waals surface area contributed by atoms with Gasteiger partial charge in [0.1, 0.15) is 5.75 Å². The summed E-state index contributed by atoms with van der Waals surface area (Å²) in [5.74, 6) is -0.375. The Morgan fingerprint density at radius 3 is 2.53 bits per heavy atom. The second kappa shape index (κ2) is 10.6. The van der Waals surface area contributed by atoms with E-state index in [2.05, 4.69) is 5.32 Å². The van der Waals surface area contributed by atoms with Crippen molar-refractivity contribution in [2.75, 3.05) is 13.7 Å². The minimum Gasteiger partial charge on any atom is -0.496 e. The molecule has 2 aromatic rings. The van der Waals surface area contributed by atoms with Gasteiger partial charge < -0.3 is 14.8 Å². The number of amides is 1. The normalized spacial score (nSPS) is 12.6. The lowest BCUT2D eigenvalue weighted by Crippen LogP contribution is -2.28. The molecule has 1 N–H and O–H groups in total. The highest BCUT2D eigenvalue weighted by Crippen LogP contribution is 2.23. The zero-order valence-corrected chi connectivity index (χ0v) is 17.2. The first kappa shape index (κ1) is 21.6. The molecule has 1 aliphatic carbocycles. The van der Waals surface area contributed by atoms with Gasteiger partial charge in [-0.15, -0.1) is 0 Å². The van der Waals surface area contributed by atoms with E-state index in [4.69, 9.17) is 9.47 Å². The topological polar surface area (TPSA) is 81.7 Å². The summed E-state index contributed by atoms with van der Waals surface area (Å²) in [5.41, 5.74) is 4.02. The molecule has 2 aromatic carbocycles. The number of hydrogen-bond acceptors (Lipinski definition) is 5. The fourth-order valence-corrected chi connectivity index (χ4v) is 3.58. The summed E-state index contributed by atoms with van der Waals surface area (Å²) in [5, 5.41) is 2.69. The van der Waals surface area contributed by atoms with Crippen molar-refractivity contribution >= 4 is 17.7 Å². The van der Waals surface area contributed by atoms with E-state index in [0.717, 1.165) is 24.8 Å². The molecule has 0 saturated heterocycles. The standard InChI is InChI=1S/C24H27NO5/c1-29-22-9-5-4-8-20(22)15-25-23(27)16-30-24(28)13-12-21(26)19-11-10-17-6-2-3-7-18(17)14-19/h4-5,8-11,14H,2-3,6-7,12-13,15-16H2,1H3,(H,25,27). The van der Waals surface area contributed by atoms with Gasteiger partial charge in [-0.2, -0.15) is 0 Å². The van der Waals surface area contributed by atoms with E-state index in [9.17, 15) is 14.4 Å². The van der Waals surface area contributed by atoms with Crippen LogP contribution >= 0.6 is 0 Å². The van der Waals surface area contributed by atoms with Crippen molar-refractivity contribution in [1.29, 1.82) is 0 Å². The van der Waals surface area contributed by atoms with E-state index in [1.807, 2.05) is 36.4 Å². The molecule has 30 heavy (non-hydrogen) atoms. The number of esters is 1. The quantitative estimate of drug-likeness (QED) is 0.507. The molecular formula is C24H27NO5. The molecule has 0 spiro atoms. The van der Waals surface area contributed by atoms with E-state index in [1.165, 1.54) is 17.5 Å². The number of para-hydroxylation sites is 1. The van der Waals surface area contributed by atoms with Crippen LogP contribution in [-0.2, 0) is 33.7 Å². The van der Waals surface area contributed by atoms with E-state index >= 15 is 0 Å². The Bertz CT molecular complexity index is 922. The van der Waals surface area contributed by atoms with Crippen LogP contribution in [0.5, 0.6) is 5.75 Å². The second-order valence-corrected chi connectivity index (χ2v) is 7.36. The number of aryl methyl sites for hydroxylation is 2. The molecule has 0 atom stereocenters. The molecule has 6 heteroatoms. The van der Waals surface area contributed by atoms with Crippen molar-refractivity contribution in [2.45, 2.75) is 45.1 Å². The first-order valence-electron chi connectivity index (χ1n) is 10.3. The summed E-state index contributed by atoms with van der Waals surface area (Å²) >= 11 is 0. The lowest BCUT2D eigenvalue weighted by Gasteiger charge is -2.16. The smallest absolute Gasteiger partial charge is 0.306 e. The van der Waals surface area contributed by atoms with Crippen molar-refractivity contribution in [3.05, 3.63) is 64.7 Å². The number of ketones is 1. The van der Waals surface area contributed by atoms with E-state index < -0.39 is 11.9 Å². The molecule has 0 saturated carbocycles. The summed E-state index contributed by atoms with van der Waals surface area (Å²) < 4.78 is 10.2. The number of hydrogen-bond donors (Lipinski definition) is 1. The maximum atomic E-state index is 12.4. The van der Waals surface area contributed by atoms with E-state index in [0.29, 0.717) is 11.3 Å². The van der Waals surface area contributed by atoms with Crippen molar-refractivity contribution in [3.8, 4) is 5.75 Å². The van der Waals surface area contributed by atoms with Crippen LogP contribution in [0, 0.1) is 0 Å². The van der Waals surface area contributed by atoms with E-state index in [1.54, 1.807) is 13.2 Å². The number of methoxy groups -OCH3 is 1. The maximum absolute atomic E-state index is 12.4. The van der Waals surface area contributed by atoms with Crippen molar-refractivity contribution < 1.29 is 23.9 Å². The Labute approximate surface area is 176 Å². The monoisotopic (exact) mass is 409 g/mol. The van der Waals surface area contributed by atoms with Gasteiger partial charge in [0.15, 0.2) is 12.4 Å². The van der Waals surface area contributed by atoms with Gasteiger partial charge in [0, 0.05) is 24.1 Å². The number of Topliss-reactive ketones (excluding diaryl/α,β-unsaturated/α-hetero) is 1. The molecule has 0 fully saturated rings. The highest BCUT2D eigenvalue weighted by molar-refractivity contribution is 5.97. The average molecular weight is 409 g/mol. The molecule has 0 aromatic heterocycles. The van der Waals surface area contributed by atoms with Gasteiger partial charge in [0.2, 0.25) is 0 Å². The van der Waals surface area contributed by atoms with Crippen molar-refractivity contribution in [3.63, 3.8) is 0 Å². The predicted molar refractivity (Wildman–Crippen MR) is 112 cm³/mol. The Morgan fingerprint density at radius 1 is 0.967 bits per heavy atom. The molecule has 0 bridgehead atoms. The summed E-state index contributed by atoms with van der Waals surface area (Å²) in [4.78, 5) is 36.2. The SMILES string of the molecule is COc1ccccc1CNC(=O)COC(=O)CCC(=O)c1ccc2c(c1)CCCC2. The molecule has 0 aliphatic heterocycles. The minimum absolute atomic E-state index is 0.0459. The lowest BCUT2D eigenvalue weighted by molar-refractivity contribution is -0.148. The number of carbonyl (C=O) groups excluding carboxylic acids is 3. The zero-order valence-electron chi connectivity index (χ0n) is 17.2. The summed E-state index contributed by atoms with van der Waals surface area (Å²) in [7, 11) is 1.56. The second-order valence-electron chi connectivity index (χ2n) is 7.36. The third-order valence-electron chi connectivity index (χ3n) is 5.26. The Balaban J connectivity index is 1.39. The Kier molecular flexibility index (Phi) is 7.60. The van der Waals surface area contributed by atoms with Gasteiger partial charge in [-0.3, -0.25) is 14.4 Å². The molecule has 1 amide bonds. The van der Waals surface area contributed by atoms with Crippen LogP contribution < -0.4 is 10.1 Å². The molecule has 0 unspecified atom stereocenters. The Morgan fingerprint density at radius 2 is 1.73 bits per heavy atom. The van der Waals surface area contributed by atoms with Crippen LogP contribution in [-0.4, -0.2) is 31.4 Å². The first-order valence-corrected chi connectivity index (χ1v) is 10.3. The molecule has 158 valence electrons. The first-order chi connectivity index (χ1) is 14.6. The molecule has 0 heterocycles. The molecule has 1 aliphatic rings. The highest BCUT2D eigenvalue weighted by atomic mass is 16.5. The number of rotatable bonds is 9. The van der Waals surface area contributed by atoms with Gasteiger partial charge >= 0.3 is 5.97 Å². The average Bonchev–Trinajstić information content (AvgIpc) is 2.79. The largest absolute Gasteiger partial charge is 0.496 e. The van der Waals surface area contributed by atoms with Crippen LogP contribution in [0.1, 0.15) is 52.7 Å². The molecule has 6 nitrogen and oxygen atoms in total. The lowest BCUT2D eigenvalue weighted by atomic mass is 9.89. The maximum Gasteiger partial charge on any atom is 0.306 e. The number of nitrogens with one attached hydrogen (secondary N) is 1. The predicted octanol–water partition coefficient (Wildman–Crippen LogP) is 3.40. The van der Waals surface area contributed by atoms with Crippen LogP contribution in [0.2, 0.25) is 0 Å². The number of benzene rings is 2. The molecular weight excluding hydrogens is 382 g/mol. The van der Waals surface area contributed by atoms with Gasteiger partial charge in [-0.05, 0) is 48.9 Å². The summed E-state index contributed by atoms with van der Waals surface area (Å²) in [6, 6.07) is 13.2. The van der Waals surface area contributed by atoms with Gasteiger partial charge in [-0.1, -0.05) is 30.3 Å². The van der Waals surface area contributed by atoms with E-state index in [-0.39, 0.29) is 31.8 Å². The zero-order chi connectivity index (χ0) is 21.3. The van der Waals surface area contributed by atoms with Gasteiger partial charge in [0.05, 0.1) is 13.5 Å². The van der Waals surface area contributed by atoms with Crippen LogP contribution in [0.25, 0.3) is 0 Å². The summed E-state index contributed by atoms with van der Waals surface area (Å²) in [6.45, 7) is -0.0990. The number of ether oxygens (including phenoxy) is 2. The number of carbonyl (C=O) groups is 3. The Hall–Kier alpha value is -3.15.